The highest BCUT2D eigenvalue weighted by Crippen LogP contribution is 2.22. The largest absolute Gasteiger partial charge is 0.426 e. The molecule has 0 aliphatic carbocycles. The number of fused-ring (bicyclic) bond motifs is 1. The number of aromatic amines is 1. The molecule has 0 spiro atoms. The molecule has 0 bridgehead atoms. The van der Waals surface area contributed by atoms with E-state index in [0.29, 0.717) is 0 Å². The number of carbonyl (C=O) groups is 1. The van der Waals surface area contributed by atoms with Gasteiger partial charge in [0.15, 0.2) is 5.76 Å². The molecule has 1 saturated heterocycles. The molecule has 0 radical (unpaired) electrons. The lowest BCUT2D eigenvalue weighted by Gasteiger charge is -1.99. The van der Waals surface area contributed by atoms with Crippen LogP contribution in [-0.2, 0) is 9.53 Å². The average molecular weight is 259 g/mol. The summed E-state index contributed by atoms with van der Waals surface area (Å²) in [4.78, 5) is 20.3. The van der Waals surface area contributed by atoms with Crippen LogP contribution in [0.4, 0.5) is 0 Å². The zero-order valence-electron chi connectivity index (χ0n) is 9.51. The van der Waals surface area contributed by atoms with E-state index >= 15 is 0 Å². The number of aromatic nitrogens is 2. The normalized spacial score (nSPS) is 17.8. The highest BCUT2D eigenvalue weighted by atomic mass is 32.1. The van der Waals surface area contributed by atoms with Crippen LogP contribution in [0, 0.1) is 0 Å². The first-order valence-corrected chi connectivity index (χ1v) is 5.71. The van der Waals surface area contributed by atoms with E-state index in [1.54, 1.807) is 25.5 Å². The van der Waals surface area contributed by atoms with Crippen LogP contribution in [0.2, 0.25) is 0 Å². The molecule has 1 aliphatic heterocycles. The average Bonchev–Trinajstić information content (AvgIpc) is 2.89. The molecule has 3 rings (SSSR count). The molecule has 3 heterocycles. The quantitative estimate of drug-likeness (QED) is 0.625. The molecule has 0 aromatic carbocycles. The van der Waals surface area contributed by atoms with Crippen molar-refractivity contribution in [2.75, 3.05) is 7.05 Å². The van der Waals surface area contributed by atoms with Crippen LogP contribution in [-0.4, -0.2) is 33.0 Å². The van der Waals surface area contributed by atoms with Gasteiger partial charge in [0, 0.05) is 30.4 Å². The lowest BCUT2D eigenvalue weighted by atomic mass is 10.2. The van der Waals surface area contributed by atoms with Crippen LogP contribution in [0.3, 0.4) is 0 Å². The molecule has 18 heavy (non-hydrogen) atoms. The summed E-state index contributed by atoms with van der Waals surface area (Å²) >= 11 is 4.91. The van der Waals surface area contributed by atoms with Gasteiger partial charge in [0.25, 0.3) is 11.1 Å². The number of likely N-dealkylation sites (N-methyl/N-ethyl adjacent to an activating group) is 1. The number of ether oxygens (including phenoxy) is 1. The van der Waals surface area contributed by atoms with Gasteiger partial charge in [0.1, 0.15) is 5.65 Å². The van der Waals surface area contributed by atoms with E-state index in [4.69, 9.17) is 17.0 Å². The molecule has 0 atom stereocenters. The second kappa shape index (κ2) is 3.92. The van der Waals surface area contributed by atoms with Crippen molar-refractivity contribution in [3.8, 4) is 0 Å². The zero-order chi connectivity index (χ0) is 12.7. The van der Waals surface area contributed by atoms with E-state index in [9.17, 15) is 4.79 Å². The third-order valence-corrected chi connectivity index (χ3v) is 3.11. The second-order valence-electron chi connectivity index (χ2n) is 3.88. The molecule has 90 valence electrons. The van der Waals surface area contributed by atoms with Gasteiger partial charge in [-0.15, -0.1) is 0 Å². The minimum atomic E-state index is -0.238. The highest BCUT2D eigenvalue weighted by molar-refractivity contribution is 7.80. The van der Waals surface area contributed by atoms with Gasteiger partial charge in [0.05, 0.1) is 0 Å². The Kier molecular flexibility index (Phi) is 2.38. The van der Waals surface area contributed by atoms with Crippen LogP contribution < -0.4 is 0 Å². The Hall–Kier alpha value is -2.21. The molecule has 0 unspecified atom stereocenters. The molecule has 2 aromatic heterocycles. The van der Waals surface area contributed by atoms with Crippen LogP contribution in [0.5, 0.6) is 0 Å². The van der Waals surface area contributed by atoms with Crippen molar-refractivity contribution in [1.29, 1.82) is 0 Å². The van der Waals surface area contributed by atoms with E-state index in [2.05, 4.69) is 9.97 Å². The molecule has 2 aromatic rings. The third kappa shape index (κ3) is 1.58. The minimum absolute atomic E-state index is 0.171. The standard InChI is InChI=1S/C12H9N3O2S/c1-15-11(16)9(17-12(15)18)5-7-6-14-10-8(7)3-2-4-13-10/h2-6H,1H3,(H,13,14)/b9-5-. The number of rotatable bonds is 1. The molecule has 1 N–H and O–H groups in total. The lowest BCUT2D eigenvalue weighted by molar-refractivity contribution is -0.122. The molecular formula is C12H9N3O2S. The number of pyridine rings is 1. The molecule has 1 aliphatic rings. The van der Waals surface area contributed by atoms with Gasteiger partial charge >= 0.3 is 0 Å². The summed E-state index contributed by atoms with van der Waals surface area (Å²) in [5, 5.41) is 1.10. The van der Waals surface area contributed by atoms with Crippen molar-refractivity contribution >= 4 is 40.4 Å². The summed E-state index contributed by atoms with van der Waals surface area (Å²) in [6.07, 6.45) is 5.15. The van der Waals surface area contributed by atoms with Crippen molar-refractivity contribution in [2.24, 2.45) is 0 Å². The van der Waals surface area contributed by atoms with E-state index in [0.717, 1.165) is 16.6 Å². The van der Waals surface area contributed by atoms with E-state index in [1.165, 1.54) is 4.90 Å². The van der Waals surface area contributed by atoms with Crippen molar-refractivity contribution in [3.05, 3.63) is 35.8 Å². The number of carbonyl (C=O) groups excluding carboxylic acids is 1. The second-order valence-corrected chi connectivity index (χ2v) is 4.23. The monoisotopic (exact) mass is 259 g/mol. The Morgan fingerprint density at radius 2 is 2.39 bits per heavy atom. The first-order valence-electron chi connectivity index (χ1n) is 5.30. The maximum Gasteiger partial charge on any atom is 0.296 e. The number of nitrogens with one attached hydrogen (secondary N) is 1. The molecule has 1 fully saturated rings. The molecule has 5 nitrogen and oxygen atoms in total. The van der Waals surface area contributed by atoms with Crippen LogP contribution in [0.15, 0.2) is 30.3 Å². The number of hydrogen-bond acceptors (Lipinski definition) is 4. The predicted molar refractivity (Wildman–Crippen MR) is 70.5 cm³/mol. The van der Waals surface area contributed by atoms with Crippen LogP contribution in [0.25, 0.3) is 17.1 Å². The molecule has 0 saturated carbocycles. The van der Waals surface area contributed by atoms with Crippen molar-refractivity contribution in [2.45, 2.75) is 0 Å². The third-order valence-electron chi connectivity index (χ3n) is 2.76. The Morgan fingerprint density at radius 3 is 3.11 bits per heavy atom. The van der Waals surface area contributed by atoms with Gasteiger partial charge in [-0.25, -0.2) is 4.98 Å². The Bertz CT molecular complexity index is 689. The first-order chi connectivity index (χ1) is 8.66. The Labute approximate surface area is 108 Å². The SMILES string of the molecule is CN1C(=O)/C(=C/c2c[nH]c3ncccc23)OC1=S. The summed E-state index contributed by atoms with van der Waals surface area (Å²) in [5.41, 5.74) is 1.62. The van der Waals surface area contributed by atoms with Gasteiger partial charge in [-0.3, -0.25) is 9.69 Å². The summed E-state index contributed by atoms with van der Waals surface area (Å²) in [6.45, 7) is 0. The Morgan fingerprint density at radius 1 is 1.56 bits per heavy atom. The fraction of sp³-hybridized carbons (Fsp3) is 0.0833. The fourth-order valence-corrected chi connectivity index (χ4v) is 1.96. The van der Waals surface area contributed by atoms with Crippen molar-refractivity contribution in [3.63, 3.8) is 0 Å². The van der Waals surface area contributed by atoms with E-state index < -0.39 is 0 Å². The topological polar surface area (TPSA) is 58.2 Å². The lowest BCUT2D eigenvalue weighted by Crippen LogP contribution is -2.22. The number of amides is 1. The Balaban J connectivity index is 2.07. The fourth-order valence-electron chi connectivity index (χ4n) is 1.78. The summed E-state index contributed by atoms with van der Waals surface area (Å²) < 4.78 is 5.24. The first kappa shape index (κ1) is 10.9. The zero-order valence-corrected chi connectivity index (χ0v) is 10.3. The minimum Gasteiger partial charge on any atom is -0.426 e. The van der Waals surface area contributed by atoms with Gasteiger partial charge in [0.2, 0.25) is 0 Å². The maximum atomic E-state index is 11.8. The number of H-pyrrole nitrogens is 1. The number of nitrogens with zero attached hydrogens (tertiary/aromatic N) is 2. The van der Waals surface area contributed by atoms with E-state index in [1.807, 2.05) is 12.1 Å². The van der Waals surface area contributed by atoms with Crippen LogP contribution >= 0.6 is 12.2 Å². The summed E-state index contributed by atoms with van der Waals surface area (Å²) in [7, 11) is 1.59. The van der Waals surface area contributed by atoms with Gasteiger partial charge in [-0.1, -0.05) is 0 Å². The highest BCUT2D eigenvalue weighted by Gasteiger charge is 2.30. The number of hydrogen-bond donors (Lipinski definition) is 1. The van der Waals surface area contributed by atoms with Gasteiger partial charge in [-0.05, 0) is 30.4 Å². The van der Waals surface area contributed by atoms with Crippen molar-refractivity contribution < 1.29 is 9.53 Å². The van der Waals surface area contributed by atoms with Gasteiger partial charge < -0.3 is 9.72 Å². The smallest absolute Gasteiger partial charge is 0.296 e. The van der Waals surface area contributed by atoms with Crippen molar-refractivity contribution in [1.82, 2.24) is 14.9 Å². The predicted octanol–water partition coefficient (Wildman–Crippen LogP) is 1.68. The van der Waals surface area contributed by atoms with Gasteiger partial charge in [-0.2, -0.15) is 0 Å². The molecule has 6 heteroatoms. The number of thiocarbonyl (C=S) groups is 1. The summed E-state index contributed by atoms with van der Waals surface area (Å²) in [6, 6.07) is 3.76. The summed E-state index contributed by atoms with van der Waals surface area (Å²) in [5.74, 6) is -0.00880. The van der Waals surface area contributed by atoms with Crippen LogP contribution in [0.1, 0.15) is 5.56 Å². The van der Waals surface area contributed by atoms with E-state index in [-0.39, 0.29) is 16.8 Å². The molecule has 1 amide bonds. The molecular weight excluding hydrogens is 250 g/mol. The maximum absolute atomic E-state index is 11.8.